The lowest BCUT2D eigenvalue weighted by Crippen LogP contribution is -2.11. The van der Waals surface area contributed by atoms with Crippen LogP contribution < -0.4 is 5.32 Å². The molecule has 0 spiro atoms. The van der Waals surface area contributed by atoms with Gasteiger partial charge in [0.1, 0.15) is 0 Å². The average Bonchev–Trinajstić information content (AvgIpc) is 3.12. The molecule has 4 nitrogen and oxygen atoms in total. The average molecular weight is 307 g/mol. The molecule has 3 aromatic rings. The van der Waals surface area contributed by atoms with Gasteiger partial charge in [0, 0.05) is 23.4 Å². The van der Waals surface area contributed by atoms with Gasteiger partial charge in [0.05, 0.1) is 12.5 Å². The van der Waals surface area contributed by atoms with E-state index in [0.717, 1.165) is 22.4 Å². The normalized spacial score (nSPS) is 10.5. The van der Waals surface area contributed by atoms with Crippen LogP contribution in [0.15, 0.2) is 71.5 Å². The maximum Gasteiger partial charge on any atom is 0.255 e. The van der Waals surface area contributed by atoms with Crippen LogP contribution in [0.3, 0.4) is 0 Å². The van der Waals surface area contributed by atoms with Gasteiger partial charge in [-0.3, -0.25) is 4.79 Å². The van der Waals surface area contributed by atoms with Crippen LogP contribution in [0.4, 0.5) is 5.69 Å². The Balaban J connectivity index is 1.74. The number of rotatable bonds is 5. The Morgan fingerprint density at radius 1 is 1.04 bits per heavy atom. The van der Waals surface area contributed by atoms with Crippen molar-refractivity contribution in [3.05, 3.63) is 78.3 Å². The van der Waals surface area contributed by atoms with E-state index in [-0.39, 0.29) is 12.5 Å². The van der Waals surface area contributed by atoms with E-state index in [4.69, 9.17) is 9.52 Å². The Labute approximate surface area is 134 Å². The second-order valence-corrected chi connectivity index (χ2v) is 5.22. The van der Waals surface area contributed by atoms with Gasteiger partial charge in [-0.05, 0) is 47.9 Å². The second-order valence-electron chi connectivity index (χ2n) is 5.22. The molecule has 2 aromatic carbocycles. The van der Waals surface area contributed by atoms with Crippen molar-refractivity contribution in [2.75, 3.05) is 11.9 Å². The predicted molar refractivity (Wildman–Crippen MR) is 89.3 cm³/mol. The van der Waals surface area contributed by atoms with Crippen molar-refractivity contribution in [3.8, 4) is 11.1 Å². The lowest BCUT2D eigenvalue weighted by Gasteiger charge is -2.07. The minimum atomic E-state index is -0.162. The van der Waals surface area contributed by atoms with Gasteiger partial charge in [-0.1, -0.05) is 24.3 Å². The van der Waals surface area contributed by atoms with Gasteiger partial charge in [0.2, 0.25) is 0 Å². The van der Waals surface area contributed by atoms with Crippen molar-refractivity contribution in [1.82, 2.24) is 0 Å². The Morgan fingerprint density at radius 3 is 2.57 bits per heavy atom. The van der Waals surface area contributed by atoms with Crippen LogP contribution in [0.2, 0.25) is 0 Å². The molecule has 0 aliphatic carbocycles. The standard InChI is InChI=1S/C19H17NO3/c21-10-8-14-4-6-18(7-5-14)20-19(22)16-3-1-2-15(12-16)17-9-11-23-13-17/h1-7,9,11-13,21H,8,10H2,(H,20,22). The molecule has 3 rings (SSSR count). The van der Waals surface area contributed by atoms with Gasteiger partial charge in [0.25, 0.3) is 5.91 Å². The van der Waals surface area contributed by atoms with Crippen molar-refractivity contribution < 1.29 is 14.3 Å². The van der Waals surface area contributed by atoms with Gasteiger partial charge in [-0.25, -0.2) is 0 Å². The van der Waals surface area contributed by atoms with Gasteiger partial charge >= 0.3 is 0 Å². The van der Waals surface area contributed by atoms with Crippen LogP contribution in [0, 0.1) is 0 Å². The minimum Gasteiger partial charge on any atom is -0.472 e. The van der Waals surface area contributed by atoms with Gasteiger partial charge in [0.15, 0.2) is 0 Å². The molecule has 0 fully saturated rings. The monoisotopic (exact) mass is 307 g/mol. The fourth-order valence-corrected chi connectivity index (χ4v) is 2.36. The number of hydrogen-bond acceptors (Lipinski definition) is 3. The van der Waals surface area contributed by atoms with Gasteiger partial charge in [-0.15, -0.1) is 0 Å². The molecular formula is C19H17NO3. The molecule has 0 saturated carbocycles. The van der Waals surface area contributed by atoms with Gasteiger partial charge in [-0.2, -0.15) is 0 Å². The lowest BCUT2D eigenvalue weighted by molar-refractivity contribution is 0.102. The molecule has 1 amide bonds. The quantitative estimate of drug-likeness (QED) is 0.755. The van der Waals surface area contributed by atoms with Crippen molar-refractivity contribution in [3.63, 3.8) is 0 Å². The topological polar surface area (TPSA) is 62.5 Å². The molecule has 1 heterocycles. The molecular weight excluding hydrogens is 290 g/mol. The number of benzene rings is 2. The van der Waals surface area contributed by atoms with Crippen LogP contribution in [0.1, 0.15) is 15.9 Å². The number of aliphatic hydroxyl groups is 1. The third-order valence-corrected chi connectivity index (χ3v) is 3.59. The fraction of sp³-hybridized carbons (Fsp3) is 0.105. The third-order valence-electron chi connectivity index (χ3n) is 3.59. The summed E-state index contributed by atoms with van der Waals surface area (Å²) in [5.41, 5.74) is 4.22. The Bertz CT molecular complexity index is 777. The van der Waals surface area contributed by atoms with Crippen molar-refractivity contribution in [1.29, 1.82) is 0 Å². The van der Waals surface area contributed by atoms with E-state index in [0.29, 0.717) is 12.0 Å². The molecule has 23 heavy (non-hydrogen) atoms. The number of carbonyl (C=O) groups excluding carboxylic acids is 1. The SMILES string of the molecule is O=C(Nc1ccc(CCO)cc1)c1cccc(-c2ccoc2)c1. The molecule has 0 saturated heterocycles. The smallest absolute Gasteiger partial charge is 0.255 e. The summed E-state index contributed by atoms with van der Waals surface area (Å²) in [5, 5.41) is 11.8. The zero-order valence-electron chi connectivity index (χ0n) is 12.5. The number of nitrogens with one attached hydrogen (secondary N) is 1. The maximum atomic E-state index is 12.4. The zero-order chi connectivity index (χ0) is 16.1. The second kappa shape index (κ2) is 6.94. The van der Waals surface area contributed by atoms with Crippen molar-refractivity contribution in [2.45, 2.75) is 6.42 Å². The summed E-state index contributed by atoms with van der Waals surface area (Å²) in [6.45, 7) is 0.118. The van der Waals surface area contributed by atoms with Crippen LogP contribution in [0.5, 0.6) is 0 Å². The summed E-state index contributed by atoms with van der Waals surface area (Å²) in [7, 11) is 0. The molecule has 0 unspecified atom stereocenters. The zero-order valence-corrected chi connectivity index (χ0v) is 12.5. The molecule has 0 atom stereocenters. The number of anilines is 1. The van der Waals surface area contributed by atoms with E-state index in [1.54, 1.807) is 18.6 Å². The predicted octanol–water partition coefficient (Wildman–Crippen LogP) is 3.73. The third kappa shape index (κ3) is 3.67. The highest BCUT2D eigenvalue weighted by atomic mass is 16.3. The maximum absolute atomic E-state index is 12.4. The largest absolute Gasteiger partial charge is 0.472 e. The Kier molecular flexibility index (Phi) is 4.54. The summed E-state index contributed by atoms with van der Waals surface area (Å²) in [6.07, 6.45) is 3.87. The molecule has 116 valence electrons. The highest BCUT2D eigenvalue weighted by Gasteiger charge is 2.08. The number of aliphatic hydroxyl groups excluding tert-OH is 1. The molecule has 0 bridgehead atoms. The van der Waals surface area contributed by atoms with E-state index in [9.17, 15) is 4.79 Å². The van der Waals surface area contributed by atoms with Crippen molar-refractivity contribution in [2.24, 2.45) is 0 Å². The number of furan rings is 1. The first-order valence-electron chi connectivity index (χ1n) is 7.40. The summed E-state index contributed by atoms with van der Waals surface area (Å²) in [5.74, 6) is -0.162. The van der Waals surface area contributed by atoms with E-state index in [1.165, 1.54) is 0 Å². The number of hydrogen-bond donors (Lipinski definition) is 2. The molecule has 1 aromatic heterocycles. The highest BCUT2D eigenvalue weighted by Crippen LogP contribution is 2.21. The Morgan fingerprint density at radius 2 is 1.87 bits per heavy atom. The first-order chi connectivity index (χ1) is 11.3. The first-order valence-corrected chi connectivity index (χ1v) is 7.40. The van der Waals surface area contributed by atoms with E-state index < -0.39 is 0 Å². The molecule has 0 radical (unpaired) electrons. The van der Waals surface area contributed by atoms with Crippen LogP contribution in [-0.4, -0.2) is 17.6 Å². The number of amides is 1. The summed E-state index contributed by atoms with van der Waals surface area (Å²) in [6, 6.07) is 16.7. The summed E-state index contributed by atoms with van der Waals surface area (Å²) < 4.78 is 5.08. The van der Waals surface area contributed by atoms with Crippen LogP contribution in [0.25, 0.3) is 11.1 Å². The molecule has 2 N–H and O–H groups in total. The van der Waals surface area contributed by atoms with Gasteiger partial charge < -0.3 is 14.8 Å². The number of carbonyl (C=O) groups is 1. The van der Waals surface area contributed by atoms with E-state index in [1.807, 2.05) is 48.5 Å². The summed E-state index contributed by atoms with van der Waals surface area (Å²) >= 11 is 0. The minimum absolute atomic E-state index is 0.118. The first kappa shape index (κ1) is 15.1. The molecule has 4 heteroatoms. The Hall–Kier alpha value is -2.85. The van der Waals surface area contributed by atoms with Crippen LogP contribution >= 0.6 is 0 Å². The lowest BCUT2D eigenvalue weighted by atomic mass is 10.1. The molecule has 0 aliphatic rings. The summed E-state index contributed by atoms with van der Waals surface area (Å²) in [4.78, 5) is 12.4. The molecule has 0 aliphatic heterocycles. The van der Waals surface area contributed by atoms with Crippen molar-refractivity contribution >= 4 is 11.6 Å². The highest BCUT2D eigenvalue weighted by molar-refractivity contribution is 6.04. The van der Waals surface area contributed by atoms with Crippen LogP contribution in [-0.2, 0) is 6.42 Å². The van der Waals surface area contributed by atoms with E-state index in [2.05, 4.69) is 5.32 Å². The van der Waals surface area contributed by atoms with E-state index >= 15 is 0 Å². The fourth-order valence-electron chi connectivity index (χ4n) is 2.36.